The number of rotatable bonds is 3. The van der Waals surface area contributed by atoms with Crippen LogP contribution in [0, 0.1) is 0 Å². The maximum absolute atomic E-state index is 11.6. The molecule has 0 fully saturated rings. The van der Waals surface area contributed by atoms with E-state index in [0.717, 1.165) is 22.5 Å². The number of amides is 1. The van der Waals surface area contributed by atoms with E-state index in [0.29, 0.717) is 11.3 Å². The number of primary amides is 1. The third-order valence-corrected chi connectivity index (χ3v) is 3.78. The van der Waals surface area contributed by atoms with Gasteiger partial charge in [0.2, 0.25) is 0 Å². The lowest BCUT2D eigenvalue weighted by atomic mass is 10.0. The fourth-order valence-corrected chi connectivity index (χ4v) is 2.67. The quantitative estimate of drug-likeness (QED) is 0.629. The Kier molecular flexibility index (Phi) is 3.28. The Morgan fingerprint density at radius 1 is 0.958 bits per heavy atom. The van der Waals surface area contributed by atoms with Crippen LogP contribution in [0.1, 0.15) is 10.5 Å². The molecule has 6 nitrogen and oxygen atoms in total. The number of hydrogen-bond acceptors (Lipinski definition) is 4. The van der Waals surface area contributed by atoms with Gasteiger partial charge in [-0.1, -0.05) is 12.1 Å². The van der Waals surface area contributed by atoms with Crippen molar-refractivity contribution < 1.29 is 4.79 Å². The Morgan fingerprint density at radius 2 is 1.83 bits per heavy atom. The summed E-state index contributed by atoms with van der Waals surface area (Å²) in [5, 5.41) is 0. The zero-order chi connectivity index (χ0) is 16.5. The van der Waals surface area contributed by atoms with Crippen molar-refractivity contribution in [3.05, 3.63) is 72.9 Å². The van der Waals surface area contributed by atoms with Crippen molar-refractivity contribution in [3.8, 4) is 22.5 Å². The van der Waals surface area contributed by atoms with Crippen LogP contribution in [-0.2, 0) is 0 Å². The number of imidazole rings is 1. The van der Waals surface area contributed by atoms with E-state index in [1.54, 1.807) is 16.8 Å². The molecule has 6 heteroatoms. The maximum Gasteiger partial charge on any atom is 0.267 e. The molecule has 116 valence electrons. The zero-order valence-electron chi connectivity index (χ0n) is 12.6. The van der Waals surface area contributed by atoms with Crippen LogP contribution in [0.3, 0.4) is 0 Å². The van der Waals surface area contributed by atoms with Gasteiger partial charge in [-0.25, -0.2) is 4.98 Å². The number of nitrogens with two attached hydrogens (primary N) is 1. The number of carbonyl (C=O) groups excluding carboxylic acids is 1. The standard InChI is InChI=1S/C18H13N5O/c19-18(24)15-10-22-16-7-6-12(11-23(15)16)13-4-3-9-21-17(13)14-5-1-2-8-20-14/h1-11H,(H2,19,24). The van der Waals surface area contributed by atoms with Crippen LogP contribution >= 0.6 is 0 Å². The van der Waals surface area contributed by atoms with E-state index in [1.807, 2.05) is 48.7 Å². The Balaban J connectivity index is 1.92. The van der Waals surface area contributed by atoms with E-state index >= 15 is 0 Å². The highest BCUT2D eigenvalue weighted by molar-refractivity contribution is 5.92. The van der Waals surface area contributed by atoms with Gasteiger partial charge in [-0.05, 0) is 30.3 Å². The van der Waals surface area contributed by atoms with Crippen LogP contribution < -0.4 is 5.73 Å². The summed E-state index contributed by atoms with van der Waals surface area (Å²) in [5.74, 6) is -0.518. The molecule has 4 rings (SSSR count). The van der Waals surface area contributed by atoms with Gasteiger partial charge < -0.3 is 5.73 Å². The molecule has 4 heterocycles. The highest BCUT2D eigenvalue weighted by Crippen LogP contribution is 2.29. The molecule has 1 amide bonds. The number of pyridine rings is 3. The fraction of sp³-hybridized carbons (Fsp3) is 0. The van der Waals surface area contributed by atoms with Crippen molar-refractivity contribution in [3.63, 3.8) is 0 Å². The lowest BCUT2D eigenvalue weighted by Crippen LogP contribution is -2.13. The van der Waals surface area contributed by atoms with Gasteiger partial charge in [-0.2, -0.15) is 0 Å². The molecule has 0 radical (unpaired) electrons. The number of nitrogens with zero attached hydrogens (tertiary/aromatic N) is 4. The van der Waals surface area contributed by atoms with Gasteiger partial charge in [-0.3, -0.25) is 19.2 Å². The summed E-state index contributed by atoms with van der Waals surface area (Å²) >= 11 is 0. The maximum atomic E-state index is 11.6. The van der Waals surface area contributed by atoms with Crippen LogP contribution in [0.15, 0.2) is 67.3 Å². The Hall–Kier alpha value is -3.54. The van der Waals surface area contributed by atoms with E-state index in [1.165, 1.54) is 6.20 Å². The summed E-state index contributed by atoms with van der Waals surface area (Å²) in [6.45, 7) is 0. The summed E-state index contributed by atoms with van der Waals surface area (Å²) in [6, 6.07) is 13.3. The van der Waals surface area contributed by atoms with Crippen LogP contribution in [0.2, 0.25) is 0 Å². The topological polar surface area (TPSA) is 86.2 Å². The Labute approximate surface area is 137 Å². The molecule has 0 bridgehead atoms. The van der Waals surface area contributed by atoms with Gasteiger partial charge in [-0.15, -0.1) is 0 Å². The van der Waals surface area contributed by atoms with Crippen molar-refractivity contribution in [2.45, 2.75) is 0 Å². The molecule has 0 atom stereocenters. The molecule has 2 N–H and O–H groups in total. The summed E-state index contributed by atoms with van der Waals surface area (Å²) in [6.07, 6.45) is 6.78. The van der Waals surface area contributed by atoms with Gasteiger partial charge in [0, 0.05) is 29.7 Å². The van der Waals surface area contributed by atoms with Crippen molar-refractivity contribution in [1.29, 1.82) is 0 Å². The van der Waals surface area contributed by atoms with Gasteiger partial charge in [0.1, 0.15) is 11.3 Å². The number of aromatic nitrogens is 4. The molecule has 0 saturated heterocycles. The first-order chi connectivity index (χ1) is 11.7. The third kappa shape index (κ3) is 2.30. The highest BCUT2D eigenvalue weighted by Gasteiger charge is 2.13. The van der Waals surface area contributed by atoms with Gasteiger partial charge in [0.05, 0.1) is 17.6 Å². The van der Waals surface area contributed by atoms with Crippen molar-refractivity contribution in [2.75, 3.05) is 0 Å². The van der Waals surface area contributed by atoms with E-state index < -0.39 is 5.91 Å². The molecule has 0 spiro atoms. The van der Waals surface area contributed by atoms with E-state index in [4.69, 9.17) is 5.73 Å². The van der Waals surface area contributed by atoms with Gasteiger partial charge in [0.15, 0.2) is 0 Å². The van der Waals surface area contributed by atoms with E-state index in [2.05, 4.69) is 15.0 Å². The van der Waals surface area contributed by atoms with Crippen LogP contribution in [0.25, 0.3) is 28.2 Å². The second-order valence-corrected chi connectivity index (χ2v) is 5.27. The molecule has 0 unspecified atom stereocenters. The van der Waals surface area contributed by atoms with Crippen molar-refractivity contribution in [2.24, 2.45) is 5.73 Å². The molecule has 0 aliphatic carbocycles. The lowest BCUT2D eigenvalue weighted by molar-refractivity contribution is 0.0995. The van der Waals surface area contributed by atoms with Crippen LogP contribution in [-0.4, -0.2) is 25.3 Å². The molecule has 24 heavy (non-hydrogen) atoms. The first kappa shape index (κ1) is 14.1. The summed E-state index contributed by atoms with van der Waals surface area (Å²) in [5.41, 5.74) is 9.80. The van der Waals surface area contributed by atoms with Crippen LogP contribution in [0.4, 0.5) is 0 Å². The lowest BCUT2D eigenvalue weighted by Gasteiger charge is -2.09. The third-order valence-electron chi connectivity index (χ3n) is 3.78. The molecule has 4 aromatic heterocycles. The summed E-state index contributed by atoms with van der Waals surface area (Å²) in [4.78, 5) is 24.6. The van der Waals surface area contributed by atoms with Gasteiger partial charge in [0.25, 0.3) is 5.91 Å². The second-order valence-electron chi connectivity index (χ2n) is 5.27. The number of hydrogen-bond donors (Lipinski definition) is 1. The first-order valence-electron chi connectivity index (χ1n) is 7.38. The molecule has 0 aliphatic heterocycles. The minimum Gasteiger partial charge on any atom is -0.364 e. The summed E-state index contributed by atoms with van der Waals surface area (Å²) in [7, 11) is 0. The van der Waals surface area contributed by atoms with Crippen molar-refractivity contribution in [1.82, 2.24) is 19.4 Å². The van der Waals surface area contributed by atoms with Crippen LogP contribution in [0.5, 0.6) is 0 Å². The first-order valence-corrected chi connectivity index (χ1v) is 7.38. The molecule has 0 aromatic carbocycles. The predicted molar refractivity (Wildman–Crippen MR) is 90.2 cm³/mol. The minimum absolute atomic E-state index is 0.343. The molecular weight excluding hydrogens is 302 g/mol. The monoisotopic (exact) mass is 315 g/mol. The average molecular weight is 315 g/mol. The molecule has 0 aliphatic rings. The second kappa shape index (κ2) is 5.58. The molecular formula is C18H13N5O. The zero-order valence-corrected chi connectivity index (χ0v) is 12.6. The summed E-state index contributed by atoms with van der Waals surface area (Å²) < 4.78 is 1.69. The van der Waals surface area contributed by atoms with Crippen molar-refractivity contribution >= 4 is 11.6 Å². The fourth-order valence-electron chi connectivity index (χ4n) is 2.67. The normalized spacial score (nSPS) is 10.8. The smallest absolute Gasteiger partial charge is 0.267 e. The van der Waals surface area contributed by atoms with E-state index in [9.17, 15) is 4.79 Å². The minimum atomic E-state index is -0.518. The SMILES string of the molecule is NC(=O)c1cnc2ccc(-c3cccnc3-c3ccccn3)cn12. The Bertz CT molecular complexity index is 1040. The molecule has 4 aromatic rings. The average Bonchev–Trinajstić information content (AvgIpc) is 3.06. The van der Waals surface area contributed by atoms with Gasteiger partial charge >= 0.3 is 0 Å². The predicted octanol–water partition coefficient (Wildman–Crippen LogP) is 2.56. The number of carbonyl (C=O) groups is 1. The highest BCUT2D eigenvalue weighted by atomic mass is 16.1. The Morgan fingerprint density at radius 3 is 2.62 bits per heavy atom. The van der Waals surface area contributed by atoms with E-state index in [-0.39, 0.29) is 0 Å². The number of fused-ring (bicyclic) bond motifs is 1. The largest absolute Gasteiger partial charge is 0.364 e. The molecule has 0 saturated carbocycles.